The quantitative estimate of drug-likeness (QED) is 0.218. The van der Waals surface area contributed by atoms with Gasteiger partial charge in [-0.15, -0.1) is 0 Å². The van der Waals surface area contributed by atoms with Crippen LogP contribution >= 0.6 is 0 Å². The Morgan fingerprint density at radius 3 is 2.54 bits per heavy atom. The molecule has 0 radical (unpaired) electrons. The monoisotopic (exact) mass is 517 g/mol. The van der Waals surface area contributed by atoms with Crippen molar-refractivity contribution in [1.82, 2.24) is 20.3 Å². The number of nitrogens with zero attached hydrogens (tertiary/aromatic N) is 2. The van der Waals surface area contributed by atoms with Crippen LogP contribution in [0, 0.1) is 0 Å². The molecule has 1 aliphatic carbocycles. The number of carbonyl (C=O) groups excluding carboxylic acids is 1. The standard InChI is InChI=1S/C33H35N5O/c1-32(19-25-21-36-28-14-6-5-13-27(25)28,38-29-22-34-20-24-11-3-4-12-26(24)29)31(39)37-23-33(16-8-2-9-17-33)30-15-7-10-18-35-30/h3-7,10-15,18,20-22,36,38H,2,8-9,16-17,19,23H2,1H3,(H,37,39). The molecule has 3 heterocycles. The van der Waals surface area contributed by atoms with Crippen molar-refractivity contribution in [2.24, 2.45) is 0 Å². The summed E-state index contributed by atoms with van der Waals surface area (Å²) in [5.41, 5.74) is 3.03. The first-order valence-corrected chi connectivity index (χ1v) is 13.9. The summed E-state index contributed by atoms with van der Waals surface area (Å²) in [5.74, 6) is -0.0263. The number of aromatic amines is 1. The fourth-order valence-electron chi connectivity index (χ4n) is 6.23. The molecule has 0 spiro atoms. The van der Waals surface area contributed by atoms with Crippen molar-refractivity contribution in [3.63, 3.8) is 0 Å². The van der Waals surface area contributed by atoms with E-state index in [1.54, 1.807) is 0 Å². The molecule has 1 amide bonds. The van der Waals surface area contributed by atoms with Crippen LogP contribution in [0.2, 0.25) is 0 Å². The Morgan fingerprint density at radius 2 is 1.72 bits per heavy atom. The first-order chi connectivity index (χ1) is 19.1. The summed E-state index contributed by atoms with van der Waals surface area (Å²) in [4.78, 5) is 26.8. The van der Waals surface area contributed by atoms with E-state index in [0.717, 1.165) is 64.3 Å². The molecule has 39 heavy (non-hydrogen) atoms. The SMILES string of the molecule is CC(Cc1c[nH]c2ccccc12)(Nc1cncc2ccccc12)C(=O)NCC1(c2ccccn2)CCCCC1. The summed E-state index contributed by atoms with van der Waals surface area (Å²) in [6.45, 7) is 2.57. The summed E-state index contributed by atoms with van der Waals surface area (Å²) in [7, 11) is 0. The van der Waals surface area contributed by atoms with Gasteiger partial charge in [0, 0.05) is 64.3 Å². The summed E-state index contributed by atoms with van der Waals surface area (Å²) in [6, 6.07) is 22.5. The smallest absolute Gasteiger partial charge is 0.245 e. The van der Waals surface area contributed by atoms with Crippen LogP contribution < -0.4 is 10.6 Å². The number of para-hydroxylation sites is 1. The minimum absolute atomic E-state index is 0.0263. The largest absolute Gasteiger partial charge is 0.369 e. The van der Waals surface area contributed by atoms with Crippen LogP contribution in [0.3, 0.4) is 0 Å². The Hall–Kier alpha value is -4.19. The van der Waals surface area contributed by atoms with Crippen LogP contribution in [0.1, 0.15) is 50.3 Å². The third-order valence-corrected chi connectivity index (χ3v) is 8.41. The minimum atomic E-state index is -0.920. The van der Waals surface area contributed by atoms with Gasteiger partial charge in [0.25, 0.3) is 0 Å². The summed E-state index contributed by atoms with van der Waals surface area (Å²) in [5, 5.41) is 10.2. The van der Waals surface area contributed by atoms with Crippen molar-refractivity contribution in [3.8, 4) is 0 Å². The number of fused-ring (bicyclic) bond motifs is 2. The highest BCUT2D eigenvalue weighted by molar-refractivity contribution is 5.97. The van der Waals surface area contributed by atoms with Gasteiger partial charge in [-0.1, -0.05) is 67.8 Å². The highest BCUT2D eigenvalue weighted by Gasteiger charge is 2.39. The number of aromatic nitrogens is 3. The number of anilines is 1. The van der Waals surface area contributed by atoms with Gasteiger partial charge < -0.3 is 15.6 Å². The molecular formula is C33H35N5O. The molecule has 1 unspecified atom stereocenters. The van der Waals surface area contributed by atoms with Gasteiger partial charge in [0.2, 0.25) is 5.91 Å². The fraction of sp³-hybridized carbons (Fsp3) is 0.303. The van der Waals surface area contributed by atoms with E-state index in [9.17, 15) is 4.79 Å². The Balaban J connectivity index is 1.34. The molecule has 0 saturated heterocycles. The number of pyridine rings is 2. The number of amides is 1. The maximum absolute atomic E-state index is 14.3. The molecule has 1 saturated carbocycles. The van der Waals surface area contributed by atoms with E-state index in [2.05, 4.69) is 50.9 Å². The Morgan fingerprint density at radius 1 is 0.949 bits per heavy atom. The molecule has 3 N–H and O–H groups in total. The molecule has 1 aliphatic rings. The molecule has 0 aliphatic heterocycles. The van der Waals surface area contributed by atoms with Crippen molar-refractivity contribution in [1.29, 1.82) is 0 Å². The van der Waals surface area contributed by atoms with E-state index in [0.29, 0.717) is 13.0 Å². The van der Waals surface area contributed by atoms with Gasteiger partial charge in [0.15, 0.2) is 0 Å². The van der Waals surface area contributed by atoms with Crippen LogP contribution in [-0.4, -0.2) is 32.9 Å². The van der Waals surface area contributed by atoms with Gasteiger partial charge in [0.1, 0.15) is 5.54 Å². The first-order valence-electron chi connectivity index (χ1n) is 13.9. The zero-order chi connectivity index (χ0) is 26.7. The topological polar surface area (TPSA) is 82.7 Å². The first kappa shape index (κ1) is 25.1. The van der Waals surface area contributed by atoms with E-state index in [1.165, 1.54) is 6.42 Å². The molecule has 6 nitrogen and oxygen atoms in total. The van der Waals surface area contributed by atoms with Gasteiger partial charge in [-0.25, -0.2) is 0 Å². The molecule has 3 aromatic heterocycles. The maximum Gasteiger partial charge on any atom is 0.245 e. The molecule has 6 heteroatoms. The van der Waals surface area contributed by atoms with Crippen LogP contribution in [0.5, 0.6) is 0 Å². The van der Waals surface area contributed by atoms with Crippen LogP contribution in [0.4, 0.5) is 5.69 Å². The van der Waals surface area contributed by atoms with Gasteiger partial charge in [-0.2, -0.15) is 0 Å². The molecular weight excluding hydrogens is 482 g/mol. The van der Waals surface area contributed by atoms with Gasteiger partial charge in [-0.05, 0) is 43.5 Å². The number of nitrogens with one attached hydrogen (secondary N) is 3. The van der Waals surface area contributed by atoms with E-state index in [1.807, 2.05) is 68.1 Å². The molecule has 198 valence electrons. The lowest BCUT2D eigenvalue weighted by molar-refractivity contribution is -0.125. The van der Waals surface area contributed by atoms with E-state index >= 15 is 0 Å². The lowest BCUT2D eigenvalue weighted by atomic mass is 9.71. The molecule has 1 atom stereocenters. The van der Waals surface area contributed by atoms with Crippen LogP contribution in [0.15, 0.2) is 91.5 Å². The molecule has 0 bridgehead atoms. The van der Waals surface area contributed by atoms with Crippen LogP contribution in [-0.2, 0) is 16.6 Å². The van der Waals surface area contributed by atoms with E-state index in [-0.39, 0.29) is 11.3 Å². The summed E-state index contributed by atoms with van der Waals surface area (Å²) < 4.78 is 0. The average molecular weight is 518 g/mol. The van der Waals surface area contributed by atoms with Gasteiger partial charge >= 0.3 is 0 Å². The van der Waals surface area contributed by atoms with E-state index in [4.69, 9.17) is 4.98 Å². The van der Waals surface area contributed by atoms with Crippen molar-refractivity contribution < 1.29 is 4.79 Å². The van der Waals surface area contributed by atoms with Gasteiger partial charge in [0.05, 0.1) is 11.9 Å². The molecule has 5 aromatic rings. The third-order valence-electron chi connectivity index (χ3n) is 8.41. The predicted molar refractivity (Wildman–Crippen MR) is 158 cm³/mol. The fourth-order valence-corrected chi connectivity index (χ4v) is 6.23. The lowest BCUT2D eigenvalue weighted by Crippen LogP contribution is -2.55. The number of carbonyl (C=O) groups is 1. The average Bonchev–Trinajstić information content (AvgIpc) is 3.39. The highest BCUT2D eigenvalue weighted by Crippen LogP contribution is 2.38. The predicted octanol–water partition coefficient (Wildman–Crippen LogP) is 6.54. The zero-order valence-electron chi connectivity index (χ0n) is 22.4. The normalized spacial score (nSPS) is 16.5. The third kappa shape index (κ3) is 4.99. The second-order valence-electron chi connectivity index (χ2n) is 11.1. The Kier molecular flexibility index (Phi) is 6.77. The molecule has 2 aromatic carbocycles. The Labute approximate surface area is 229 Å². The van der Waals surface area contributed by atoms with Crippen LogP contribution in [0.25, 0.3) is 21.7 Å². The summed E-state index contributed by atoms with van der Waals surface area (Å²) >= 11 is 0. The minimum Gasteiger partial charge on any atom is -0.369 e. The second-order valence-corrected chi connectivity index (χ2v) is 11.1. The number of hydrogen-bond donors (Lipinski definition) is 3. The van der Waals surface area contributed by atoms with Crippen molar-refractivity contribution in [3.05, 3.63) is 103 Å². The maximum atomic E-state index is 14.3. The highest BCUT2D eigenvalue weighted by atomic mass is 16.2. The van der Waals surface area contributed by atoms with Crippen molar-refractivity contribution in [2.75, 3.05) is 11.9 Å². The second kappa shape index (κ2) is 10.5. The van der Waals surface area contributed by atoms with Crippen molar-refractivity contribution >= 4 is 33.3 Å². The van der Waals surface area contributed by atoms with Crippen molar-refractivity contribution in [2.45, 2.75) is 56.4 Å². The molecule has 6 rings (SSSR count). The van der Waals surface area contributed by atoms with Gasteiger partial charge in [-0.3, -0.25) is 14.8 Å². The number of H-pyrrole nitrogens is 1. The number of benzene rings is 2. The summed E-state index contributed by atoms with van der Waals surface area (Å²) in [6.07, 6.45) is 13.7. The lowest BCUT2D eigenvalue weighted by Gasteiger charge is -2.38. The number of hydrogen-bond acceptors (Lipinski definition) is 4. The Bertz CT molecular complexity index is 1580. The van der Waals surface area contributed by atoms with E-state index < -0.39 is 5.54 Å². The number of rotatable bonds is 8. The molecule has 1 fully saturated rings. The zero-order valence-corrected chi connectivity index (χ0v) is 22.4.